The average molecular weight is 224 g/mol. The second-order valence-electron chi connectivity index (χ2n) is 2.95. The molecule has 0 aromatic heterocycles. The molecule has 0 bridgehead atoms. The average Bonchev–Trinajstić information content (AvgIpc) is 2.21. The molecule has 0 radical (unpaired) electrons. The van der Waals surface area contributed by atoms with Crippen molar-refractivity contribution in [3.63, 3.8) is 0 Å². The molecule has 0 unspecified atom stereocenters. The molecule has 1 amide bonds. The van der Waals surface area contributed by atoms with Crippen LogP contribution in [0.15, 0.2) is 18.2 Å². The summed E-state index contributed by atoms with van der Waals surface area (Å²) in [5, 5.41) is 11.1. The molecule has 0 atom stereocenters. The van der Waals surface area contributed by atoms with Gasteiger partial charge in [-0.05, 0) is 25.1 Å². The fourth-order valence-electron chi connectivity index (χ4n) is 1.09. The lowest BCUT2D eigenvalue weighted by Gasteiger charge is -2.08. The molecule has 1 aromatic carbocycles. The molecule has 0 aliphatic heterocycles. The van der Waals surface area contributed by atoms with Gasteiger partial charge in [0.15, 0.2) is 0 Å². The van der Waals surface area contributed by atoms with Gasteiger partial charge in [-0.1, -0.05) is 0 Å². The number of rotatable bonds is 3. The molecular formula is C10H12N2O4. The van der Waals surface area contributed by atoms with Gasteiger partial charge in [0.05, 0.1) is 23.5 Å². The minimum absolute atomic E-state index is 0.0620. The predicted octanol–water partition coefficient (Wildman–Crippen LogP) is 1.54. The van der Waals surface area contributed by atoms with E-state index in [0.29, 0.717) is 5.69 Å². The number of carboxylic acid groups (broad SMARTS) is 1. The van der Waals surface area contributed by atoms with E-state index in [9.17, 15) is 9.59 Å². The van der Waals surface area contributed by atoms with Crippen molar-refractivity contribution in [1.29, 1.82) is 0 Å². The first-order chi connectivity index (χ1) is 7.54. The lowest BCUT2D eigenvalue weighted by molar-refractivity contribution is 0.0697. The van der Waals surface area contributed by atoms with E-state index in [-0.39, 0.29) is 17.9 Å². The van der Waals surface area contributed by atoms with Crippen molar-refractivity contribution in [2.24, 2.45) is 0 Å². The Balaban J connectivity index is 2.83. The Hall–Kier alpha value is -2.24. The Bertz CT molecular complexity index is 417. The highest BCUT2D eigenvalue weighted by molar-refractivity contribution is 5.93. The minimum Gasteiger partial charge on any atom is -0.478 e. The van der Waals surface area contributed by atoms with Crippen molar-refractivity contribution in [2.45, 2.75) is 6.92 Å². The third kappa shape index (κ3) is 2.88. The number of amides is 1. The number of carbonyl (C=O) groups excluding carboxylic acids is 1. The SMILES string of the molecule is CCOC(=O)Nc1ccc(C(=O)O)cc1N. The van der Waals surface area contributed by atoms with Gasteiger partial charge in [0.2, 0.25) is 0 Å². The minimum atomic E-state index is -1.07. The van der Waals surface area contributed by atoms with Crippen molar-refractivity contribution in [3.05, 3.63) is 23.8 Å². The third-order valence-corrected chi connectivity index (χ3v) is 1.81. The van der Waals surface area contributed by atoms with E-state index in [4.69, 9.17) is 10.8 Å². The van der Waals surface area contributed by atoms with Crippen LogP contribution in [0.5, 0.6) is 0 Å². The van der Waals surface area contributed by atoms with E-state index in [2.05, 4.69) is 10.1 Å². The van der Waals surface area contributed by atoms with Crippen molar-refractivity contribution in [3.8, 4) is 0 Å². The molecular weight excluding hydrogens is 212 g/mol. The van der Waals surface area contributed by atoms with E-state index in [1.54, 1.807) is 6.92 Å². The van der Waals surface area contributed by atoms with Crippen LogP contribution in [0.4, 0.5) is 16.2 Å². The van der Waals surface area contributed by atoms with Crippen LogP contribution in [0.1, 0.15) is 17.3 Å². The second kappa shape index (κ2) is 5.01. The molecule has 1 aromatic rings. The number of nitrogens with one attached hydrogen (secondary N) is 1. The molecule has 6 nitrogen and oxygen atoms in total. The van der Waals surface area contributed by atoms with Crippen molar-refractivity contribution < 1.29 is 19.4 Å². The van der Waals surface area contributed by atoms with Crippen molar-refractivity contribution >= 4 is 23.4 Å². The molecule has 16 heavy (non-hydrogen) atoms. The van der Waals surface area contributed by atoms with Crippen LogP contribution in [-0.2, 0) is 4.74 Å². The molecule has 0 heterocycles. The largest absolute Gasteiger partial charge is 0.478 e. The summed E-state index contributed by atoms with van der Waals surface area (Å²) < 4.78 is 4.66. The Labute approximate surface area is 92.0 Å². The van der Waals surface area contributed by atoms with Crippen LogP contribution in [0.2, 0.25) is 0 Å². The number of hydrogen-bond acceptors (Lipinski definition) is 4. The summed E-state index contributed by atoms with van der Waals surface area (Å²) in [5.41, 5.74) is 6.13. The summed E-state index contributed by atoms with van der Waals surface area (Å²) in [4.78, 5) is 21.7. The smallest absolute Gasteiger partial charge is 0.411 e. The van der Waals surface area contributed by atoms with Gasteiger partial charge in [0.25, 0.3) is 0 Å². The topological polar surface area (TPSA) is 102 Å². The molecule has 1 rings (SSSR count). The van der Waals surface area contributed by atoms with E-state index >= 15 is 0 Å². The number of carbonyl (C=O) groups is 2. The lowest BCUT2D eigenvalue weighted by atomic mass is 10.2. The van der Waals surface area contributed by atoms with Gasteiger partial charge in [-0.25, -0.2) is 9.59 Å². The molecule has 0 fully saturated rings. The number of nitrogen functional groups attached to an aromatic ring is 1. The normalized spacial score (nSPS) is 9.56. The van der Waals surface area contributed by atoms with Gasteiger partial charge in [-0.2, -0.15) is 0 Å². The summed E-state index contributed by atoms with van der Waals surface area (Å²) in [7, 11) is 0. The Morgan fingerprint density at radius 3 is 2.69 bits per heavy atom. The lowest BCUT2D eigenvalue weighted by Crippen LogP contribution is -2.14. The van der Waals surface area contributed by atoms with Crippen LogP contribution in [0.25, 0.3) is 0 Å². The Morgan fingerprint density at radius 2 is 2.19 bits per heavy atom. The Kier molecular flexibility index (Phi) is 3.71. The van der Waals surface area contributed by atoms with Crippen LogP contribution in [0, 0.1) is 0 Å². The molecule has 86 valence electrons. The second-order valence-corrected chi connectivity index (χ2v) is 2.95. The number of anilines is 2. The van der Waals surface area contributed by atoms with Crippen molar-refractivity contribution in [1.82, 2.24) is 0 Å². The summed E-state index contributed by atoms with van der Waals surface area (Å²) in [6, 6.07) is 4.03. The predicted molar refractivity (Wildman–Crippen MR) is 58.5 cm³/mol. The highest BCUT2D eigenvalue weighted by atomic mass is 16.5. The van der Waals surface area contributed by atoms with Crippen LogP contribution in [-0.4, -0.2) is 23.8 Å². The van der Waals surface area contributed by atoms with E-state index in [1.807, 2.05) is 0 Å². The molecule has 0 spiro atoms. The van der Waals surface area contributed by atoms with E-state index in [1.165, 1.54) is 18.2 Å². The first-order valence-corrected chi connectivity index (χ1v) is 4.61. The fraction of sp³-hybridized carbons (Fsp3) is 0.200. The number of aromatic carboxylic acids is 1. The van der Waals surface area contributed by atoms with Crippen LogP contribution in [0.3, 0.4) is 0 Å². The number of carboxylic acids is 1. The standard InChI is InChI=1S/C10H12N2O4/c1-2-16-10(15)12-8-4-3-6(9(13)14)5-7(8)11/h3-5H,2,11H2,1H3,(H,12,15)(H,13,14). The maximum absolute atomic E-state index is 11.1. The number of benzene rings is 1. The molecule has 0 aliphatic rings. The molecule has 6 heteroatoms. The highest BCUT2D eigenvalue weighted by Crippen LogP contribution is 2.20. The van der Waals surface area contributed by atoms with Gasteiger partial charge in [-0.3, -0.25) is 5.32 Å². The molecule has 0 saturated heterocycles. The number of nitrogens with two attached hydrogens (primary N) is 1. The zero-order valence-corrected chi connectivity index (χ0v) is 8.69. The summed E-state index contributed by atoms with van der Waals surface area (Å²) in [6.07, 6.45) is -0.628. The summed E-state index contributed by atoms with van der Waals surface area (Å²) in [5.74, 6) is -1.07. The fourth-order valence-corrected chi connectivity index (χ4v) is 1.09. The van der Waals surface area contributed by atoms with Gasteiger partial charge in [-0.15, -0.1) is 0 Å². The Morgan fingerprint density at radius 1 is 1.50 bits per heavy atom. The summed E-state index contributed by atoms with van der Waals surface area (Å²) >= 11 is 0. The molecule has 4 N–H and O–H groups in total. The zero-order valence-electron chi connectivity index (χ0n) is 8.69. The summed E-state index contributed by atoms with van der Waals surface area (Å²) in [6.45, 7) is 1.93. The van der Waals surface area contributed by atoms with Crippen LogP contribution >= 0.6 is 0 Å². The van der Waals surface area contributed by atoms with Crippen LogP contribution < -0.4 is 11.1 Å². The van der Waals surface area contributed by atoms with Gasteiger partial charge >= 0.3 is 12.1 Å². The van der Waals surface area contributed by atoms with Crippen molar-refractivity contribution in [2.75, 3.05) is 17.7 Å². The third-order valence-electron chi connectivity index (χ3n) is 1.81. The monoisotopic (exact) mass is 224 g/mol. The first kappa shape index (κ1) is 11.8. The van der Waals surface area contributed by atoms with E-state index < -0.39 is 12.1 Å². The van der Waals surface area contributed by atoms with Gasteiger partial charge in [0, 0.05) is 0 Å². The van der Waals surface area contributed by atoms with Gasteiger partial charge < -0.3 is 15.6 Å². The molecule has 0 saturated carbocycles. The quantitative estimate of drug-likeness (QED) is 0.676. The maximum Gasteiger partial charge on any atom is 0.411 e. The highest BCUT2D eigenvalue weighted by Gasteiger charge is 2.08. The maximum atomic E-state index is 11.1. The number of ether oxygens (including phenoxy) is 1. The first-order valence-electron chi connectivity index (χ1n) is 4.61. The van der Waals surface area contributed by atoms with E-state index in [0.717, 1.165) is 0 Å². The number of hydrogen-bond donors (Lipinski definition) is 3. The zero-order chi connectivity index (χ0) is 12.1. The molecule has 0 aliphatic carbocycles. The van der Waals surface area contributed by atoms with Gasteiger partial charge in [0.1, 0.15) is 0 Å².